The smallest absolute Gasteiger partial charge is 0.239 e. The van der Waals surface area contributed by atoms with Gasteiger partial charge in [0.2, 0.25) is 5.91 Å². The molecule has 0 bridgehead atoms. The zero-order valence-electron chi connectivity index (χ0n) is 11.5. The second-order valence-corrected chi connectivity index (χ2v) is 4.97. The van der Waals surface area contributed by atoms with E-state index in [1.54, 1.807) is 0 Å². The number of pyridine rings is 1. The number of amides is 1. The molecule has 0 aromatic carbocycles. The Labute approximate surface area is 114 Å². The molecule has 5 heteroatoms. The number of aromatic nitrogens is 1. The van der Waals surface area contributed by atoms with Crippen molar-refractivity contribution < 1.29 is 4.79 Å². The number of carbonyl (C=O) groups excluding carboxylic acids is 1. The highest BCUT2D eigenvalue weighted by Gasteiger charge is 2.24. The normalized spacial score (nSPS) is 18.3. The van der Waals surface area contributed by atoms with Gasteiger partial charge in [0.25, 0.3) is 0 Å². The molecule has 0 saturated carbocycles. The first-order valence-corrected chi connectivity index (χ1v) is 6.86. The van der Waals surface area contributed by atoms with E-state index in [1.165, 1.54) is 5.56 Å². The van der Waals surface area contributed by atoms with E-state index in [-0.39, 0.29) is 11.9 Å². The Morgan fingerprint density at radius 2 is 1.95 bits per heavy atom. The second kappa shape index (κ2) is 6.63. The van der Waals surface area contributed by atoms with Gasteiger partial charge in [-0.25, -0.2) is 0 Å². The third-order valence-corrected chi connectivity index (χ3v) is 3.60. The van der Waals surface area contributed by atoms with Crippen LogP contribution >= 0.6 is 0 Å². The predicted molar refractivity (Wildman–Crippen MR) is 74.4 cm³/mol. The first kappa shape index (κ1) is 14.0. The van der Waals surface area contributed by atoms with Crippen LogP contribution in [0.5, 0.6) is 0 Å². The maximum Gasteiger partial charge on any atom is 0.239 e. The Bertz CT molecular complexity index is 401. The van der Waals surface area contributed by atoms with Crippen LogP contribution in [-0.2, 0) is 11.3 Å². The fourth-order valence-corrected chi connectivity index (χ4v) is 2.28. The summed E-state index contributed by atoms with van der Waals surface area (Å²) >= 11 is 0. The molecule has 5 nitrogen and oxygen atoms in total. The number of rotatable bonds is 4. The van der Waals surface area contributed by atoms with E-state index in [9.17, 15) is 4.79 Å². The molecular weight excluding hydrogens is 240 g/mol. The summed E-state index contributed by atoms with van der Waals surface area (Å²) in [4.78, 5) is 20.2. The molecule has 1 atom stereocenters. The maximum absolute atomic E-state index is 12.0. The van der Waals surface area contributed by atoms with Gasteiger partial charge < -0.3 is 10.6 Å². The monoisotopic (exact) mass is 262 g/mol. The summed E-state index contributed by atoms with van der Waals surface area (Å²) in [5.41, 5.74) is 7.06. The zero-order chi connectivity index (χ0) is 13.7. The largest absolute Gasteiger partial charge is 0.339 e. The third kappa shape index (κ3) is 3.75. The first-order chi connectivity index (χ1) is 9.20. The fraction of sp³-hybridized carbons (Fsp3) is 0.571. The van der Waals surface area contributed by atoms with Gasteiger partial charge in [-0.2, -0.15) is 0 Å². The van der Waals surface area contributed by atoms with Gasteiger partial charge in [-0.3, -0.25) is 14.7 Å². The van der Waals surface area contributed by atoms with Crippen LogP contribution in [0.3, 0.4) is 0 Å². The Morgan fingerprint density at radius 3 is 2.53 bits per heavy atom. The van der Waals surface area contributed by atoms with Gasteiger partial charge in [-0.05, 0) is 24.1 Å². The second-order valence-electron chi connectivity index (χ2n) is 4.97. The molecule has 1 fully saturated rings. The van der Waals surface area contributed by atoms with Crippen LogP contribution < -0.4 is 5.73 Å². The van der Waals surface area contributed by atoms with E-state index in [2.05, 4.69) is 9.88 Å². The first-order valence-electron chi connectivity index (χ1n) is 6.86. The molecule has 2 N–H and O–H groups in total. The van der Waals surface area contributed by atoms with Crippen molar-refractivity contribution in [2.24, 2.45) is 5.73 Å². The number of nitrogens with zero attached hydrogens (tertiary/aromatic N) is 3. The van der Waals surface area contributed by atoms with Crippen molar-refractivity contribution in [3.63, 3.8) is 0 Å². The minimum absolute atomic E-state index is 0.0889. The summed E-state index contributed by atoms with van der Waals surface area (Å²) in [6.07, 6.45) is 4.33. The Kier molecular flexibility index (Phi) is 4.87. The van der Waals surface area contributed by atoms with Crippen LogP contribution in [0.2, 0.25) is 0 Å². The number of piperazine rings is 1. The highest BCUT2D eigenvalue weighted by atomic mass is 16.2. The SMILES string of the molecule is CC[C@H](N)C(=O)N1CCN(Cc2ccncc2)CC1. The van der Waals surface area contributed by atoms with Gasteiger partial charge in [0, 0.05) is 45.1 Å². The van der Waals surface area contributed by atoms with Gasteiger partial charge in [0.05, 0.1) is 6.04 Å². The van der Waals surface area contributed by atoms with Crippen LogP contribution in [0.15, 0.2) is 24.5 Å². The number of hydrogen-bond donors (Lipinski definition) is 1. The lowest BCUT2D eigenvalue weighted by atomic mass is 10.2. The summed E-state index contributed by atoms with van der Waals surface area (Å²) in [6.45, 7) is 6.23. The fourth-order valence-electron chi connectivity index (χ4n) is 2.28. The van der Waals surface area contributed by atoms with E-state index in [0.717, 1.165) is 32.7 Å². The summed E-state index contributed by atoms with van der Waals surface area (Å²) in [6, 6.07) is 3.72. The Hall–Kier alpha value is -1.46. The van der Waals surface area contributed by atoms with Crippen molar-refractivity contribution in [1.29, 1.82) is 0 Å². The molecule has 104 valence electrons. The van der Waals surface area contributed by atoms with E-state index >= 15 is 0 Å². The minimum Gasteiger partial charge on any atom is -0.339 e. The average Bonchev–Trinajstić information content (AvgIpc) is 2.47. The number of nitrogens with two attached hydrogens (primary N) is 1. The van der Waals surface area contributed by atoms with E-state index < -0.39 is 0 Å². The number of hydrogen-bond acceptors (Lipinski definition) is 4. The molecule has 2 heterocycles. The zero-order valence-corrected chi connectivity index (χ0v) is 11.5. The molecule has 1 aromatic rings. The highest BCUT2D eigenvalue weighted by molar-refractivity contribution is 5.81. The molecule has 2 rings (SSSR count). The molecule has 1 aliphatic heterocycles. The molecule has 1 aliphatic rings. The Morgan fingerprint density at radius 1 is 1.32 bits per heavy atom. The molecule has 1 saturated heterocycles. The van der Waals surface area contributed by atoms with Gasteiger partial charge in [0.15, 0.2) is 0 Å². The van der Waals surface area contributed by atoms with E-state index in [0.29, 0.717) is 6.42 Å². The summed E-state index contributed by atoms with van der Waals surface area (Å²) in [5, 5.41) is 0. The molecular formula is C14H22N4O. The summed E-state index contributed by atoms with van der Waals surface area (Å²) in [7, 11) is 0. The van der Waals surface area contributed by atoms with Crippen LogP contribution in [0.4, 0.5) is 0 Å². The molecule has 0 radical (unpaired) electrons. The summed E-state index contributed by atoms with van der Waals surface area (Å²) < 4.78 is 0. The topological polar surface area (TPSA) is 62.5 Å². The molecule has 1 aromatic heterocycles. The molecule has 0 unspecified atom stereocenters. The van der Waals surface area contributed by atoms with Crippen molar-refractivity contribution in [1.82, 2.24) is 14.8 Å². The van der Waals surface area contributed by atoms with Crippen molar-refractivity contribution in [2.45, 2.75) is 25.9 Å². The third-order valence-electron chi connectivity index (χ3n) is 3.60. The molecule has 19 heavy (non-hydrogen) atoms. The van der Waals surface area contributed by atoms with Gasteiger partial charge >= 0.3 is 0 Å². The molecule has 0 aliphatic carbocycles. The summed E-state index contributed by atoms with van der Waals surface area (Å²) in [5.74, 6) is 0.0889. The maximum atomic E-state index is 12.0. The predicted octanol–water partition coefficient (Wildman–Crippen LogP) is 0.463. The highest BCUT2D eigenvalue weighted by Crippen LogP contribution is 2.09. The minimum atomic E-state index is -0.341. The standard InChI is InChI=1S/C14H22N4O/c1-2-13(15)14(19)18-9-7-17(8-10-18)11-12-3-5-16-6-4-12/h3-6,13H,2,7-11,15H2,1H3/t13-/m0/s1. The number of carbonyl (C=O) groups is 1. The van der Waals surface area contributed by atoms with Crippen LogP contribution in [0, 0.1) is 0 Å². The van der Waals surface area contributed by atoms with Crippen molar-refractivity contribution in [3.8, 4) is 0 Å². The van der Waals surface area contributed by atoms with Gasteiger partial charge in [-0.1, -0.05) is 6.92 Å². The lowest BCUT2D eigenvalue weighted by molar-refractivity contribution is -0.134. The molecule has 1 amide bonds. The Balaban J connectivity index is 1.81. The lowest BCUT2D eigenvalue weighted by Gasteiger charge is -2.35. The quantitative estimate of drug-likeness (QED) is 0.856. The van der Waals surface area contributed by atoms with Crippen LogP contribution in [0.25, 0.3) is 0 Å². The van der Waals surface area contributed by atoms with E-state index in [1.807, 2.05) is 36.4 Å². The van der Waals surface area contributed by atoms with E-state index in [4.69, 9.17) is 5.73 Å². The lowest BCUT2D eigenvalue weighted by Crippen LogP contribution is -2.52. The molecule has 0 spiro atoms. The van der Waals surface area contributed by atoms with Gasteiger partial charge in [0.1, 0.15) is 0 Å². The van der Waals surface area contributed by atoms with Crippen LogP contribution in [0.1, 0.15) is 18.9 Å². The van der Waals surface area contributed by atoms with Crippen LogP contribution in [-0.4, -0.2) is 52.9 Å². The van der Waals surface area contributed by atoms with Crippen molar-refractivity contribution in [2.75, 3.05) is 26.2 Å². The average molecular weight is 262 g/mol. The van der Waals surface area contributed by atoms with Crippen molar-refractivity contribution >= 4 is 5.91 Å². The van der Waals surface area contributed by atoms with Crippen molar-refractivity contribution in [3.05, 3.63) is 30.1 Å². The van der Waals surface area contributed by atoms with Gasteiger partial charge in [-0.15, -0.1) is 0 Å².